The summed E-state index contributed by atoms with van der Waals surface area (Å²) in [4.78, 5) is 22.7. The first kappa shape index (κ1) is 22.2. The monoisotopic (exact) mass is 342 g/mol. The Hall–Kier alpha value is -0.783. The average Bonchev–Trinajstić information content (AvgIpc) is 2.41. The Morgan fingerprint density at radius 1 is 1.17 bits per heavy atom. The van der Waals surface area contributed by atoms with E-state index in [0.29, 0.717) is 12.7 Å². The highest BCUT2D eigenvalue weighted by Crippen LogP contribution is 2.38. The molecule has 4 nitrogen and oxygen atoms in total. The normalized spacial score (nSPS) is 15.6. The van der Waals surface area contributed by atoms with Crippen LogP contribution < -0.4 is 0 Å². The zero-order chi connectivity index (χ0) is 18.1. The van der Waals surface area contributed by atoms with Gasteiger partial charge in [-0.3, -0.25) is 9.59 Å². The van der Waals surface area contributed by atoms with Gasteiger partial charge in [-0.2, -0.15) is 0 Å². The average molecular weight is 343 g/mol. The van der Waals surface area contributed by atoms with Crippen molar-refractivity contribution in [3.05, 3.63) is 12.2 Å². The second-order valence-electron chi connectivity index (χ2n) is 7.75. The maximum Gasteiger partial charge on any atom is 0.193 e. The predicted molar refractivity (Wildman–Crippen MR) is 97.0 cm³/mol. The third-order valence-electron chi connectivity index (χ3n) is 4.49. The molecule has 2 atom stereocenters. The Morgan fingerprint density at radius 3 is 2.22 bits per heavy atom. The Bertz CT molecular complexity index is 394. The molecule has 0 spiro atoms. The van der Waals surface area contributed by atoms with Crippen molar-refractivity contribution < 1.29 is 19.1 Å². The maximum atomic E-state index is 12.3. The Balaban J connectivity index is 4.73. The lowest BCUT2D eigenvalue weighted by Crippen LogP contribution is -2.45. The van der Waals surface area contributed by atoms with Crippen LogP contribution in [0.1, 0.15) is 59.8 Å². The number of rotatable bonds is 11. The van der Waals surface area contributed by atoms with E-state index in [1.165, 1.54) is 12.2 Å². The molecule has 0 saturated heterocycles. The molecule has 0 fully saturated rings. The van der Waals surface area contributed by atoms with E-state index in [2.05, 4.69) is 33.9 Å². The Kier molecular flexibility index (Phi) is 9.81. The zero-order valence-corrected chi connectivity index (χ0v) is 16.6. The highest BCUT2D eigenvalue weighted by atomic mass is 28.4. The van der Waals surface area contributed by atoms with Gasteiger partial charge in [0.15, 0.2) is 14.1 Å². The molecule has 0 rings (SSSR count). The highest BCUT2D eigenvalue weighted by molar-refractivity contribution is 6.74. The van der Waals surface area contributed by atoms with Crippen LogP contribution in [-0.2, 0) is 14.0 Å². The zero-order valence-electron chi connectivity index (χ0n) is 15.6. The molecule has 0 radical (unpaired) electrons. The number of aldehydes is 1. The van der Waals surface area contributed by atoms with Gasteiger partial charge in [0.1, 0.15) is 12.4 Å². The molecular formula is C18H34O4Si. The lowest BCUT2D eigenvalue weighted by molar-refractivity contribution is -0.122. The van der Waals surface area contributed by atoms with Crippen LogP contribution in [-0.4, -0.2) is 37.7 Å². The molecule has 5 heteroatoms. The number of unbranched alkanes of at least 4 members (excludes halogenated alkanes) is 2. The van der Waals surface area contributed by atoms with Gasteiger partial charge in [0.2, 0.25) is 0 Å². The Labute approximate surface area is 142 Å². The van der Waals surface area contributed by atoms with E-state index in [4.69, 9.17) is 4.43 Å². The first-order chi connectivity index (χ1) is 10.5. The van der Waals surface area contributed by atoms with Gasteiger partial charge in [0.25, 0.3) is 0 Å². The molecule has 0 unspecified atom stereocenters. The quantitative estimate of drug-likeness (QED) is 0.266. The third-order valence-corrected chi connectivity index (χ3v) is 8.97. The first-order valence-corrected chi connectivity index (χ1v) is 11.4. The van der Waals surface area contributed by atoms with Crippen LogP contribution in [0.5, 0.6) is 0 Å². The minimum Gasteiger partial charge on any atom is -0.407 e. The van der Waals surface area contributed by atoms with Gasteiger partial charge in [0, 0.05) is 0 Å². The molecular weight excluding hydrogens is 308 g/mol. The molecule has 0 saturated carbocycles. The second-order valence-corrected chi connectivity index (χ2v) is 12.5. The molecule has 0 aromatic carbocycles. The number of allylic oxidation sites excluding steroid dienone is 1. The number of carbonyl (C=O) groups excluding carboxylic acids is 2. The molecule has 0 aromatic rings. The van der Waals surface area contributed by atoms with Crippen molar-refractivity contribution in [2.24, 2.45) is 0 Å². The summed E-state index contributed by atoms with van der Waals surface area (Å²) in [5.74, 6) is -0.127. The summed E-state index contributed by atoms with van der Waals surface area (Å²) in [7, 11) is -2.04. The lowest BCUT2D eigenvalue weighted by Gasteiger charge is -2.38. The fourth-order valence-corrected chi connectivity index (χ4v) is 3.28. The minimum absolute atomic E-state index is 0.0340. The van der Waals surface area contributed by atoms with Crippen molar-refractivity contribution in [3.63, 3.8) is 0 Å². The lowest BCUT2D eigenvalue weighted by atomic mass is 10.0. The molecule has 0 aliphatic rings. The van der Waals surface area contributed by atoms with Gasteiger partial charge in [-0.25, -0.2) is 0 Å². The molecule has 23 heavy (non-hydrogen) atoms. The molecule has 0 aliphatic carbocycles. The number of aliphatic hydroxyl groups is 1. The minimum atomic E-state index is -2.04. The van der Waals surface area contributed by atoms with E-state index in [1.54, 1.807) is 6.92 Å². The fourth-order valence-electron chi connectivity index (χ4n) is 1.98. The van der Waals surface area contributed by atoms with E-state index in [-0.39, 0.29) is 16.9 Å². The predicted octanol–water partition coefficient (Wildman–Crippen LogP) is 4.03. The number of hydrogen-bond donors (Lipinski definition) is 1. The van der Waals surface area contributed by atoms with Crippen molar-refractivity contribution in [2.45, 2.75) is 90.1 Å². The van der Waals surface area contributed by atoms with Crippen LogP contribution in [0.25, 0.3) is 0 Å². The van der Waals surface area contributed by atoms with Crippen LogP contribution in [0.3, 0.4) is 0 Å². The third kappa shape index (κ3) is 9.18. The number of ketones is 1. The number of aliphatic hydroxyl groups excluding tert-OH is 1. The largest absolute Gasteiger partial charge is 0.407 e. The topological polar surface area (TPSA) is 63.6 Å². The van der Waals surface area contributed by atoms with Crippen LogP contribution in [0.4, 0.5) is 0 Å². The summed E-state index contributed by atoms with van der Waals surface area (Å²) >= 11 is 0. The highest BCUT2D eigenvalue weighted by Gasteiger charge is 2.40. The van der Waals surface area contributed by atoms with Gasteiger partial charge in [-0.15, -0.1) is 0 Å². The van der Waals surface area contributed by atoms with E-state index in [9.17, 15) is 14.7 Å². The summed E-state index contributed by atoms with van der Waals surface area (Å²) in [6.45, 7) is 12.5. The van der Waals surface area contributed by atoms with Gasteiger partial charge >= 0.3 is 0 Å². The van der Waals surface area contributed by atoms with E-state index >= 15 is 0 Å². The van der Waals surface area contributed by atoms with Gasteiger partial charge in [-0.05, 0) is 50.0 Å². The second kappa shape index (κ2) is 10.2. The van der Waals surface area contributed by atoms with E-state index < -0.39 is 14.4 Å². The van der Waals surface area contributed by atoms with Crippen LogP contribution in [0.2, 0.25) is 18.1 Å². The van der Waals surface area contributed by atoms with Crippen LogP contribution in [0.15, 0.2) is 12.2 Å². The maximum absolute atomic E-state index is 12.3. The standard InChI is InChI=1S/C18H34O4Si/c1-15(20)11-8-7-9-13-17(16(21)12-10-14-19)22-23(5,6)18(2,3)4/h10,12,14-15,17,20H,7-9,11,13H2,1-6H3/b12-10-/t15-,17+/m0/s1. The van der Waals surface area contributed by atoms with Crippen molar-refractivity contribution >= 4 is 20.4 Å². The van der Waals surface area contributed by atoms with Gasteiger partial charge < -0.3 is 9.53 Å². The van der Waals surface area contributed by atoms with Gasteiger partial charge in [0.05, 0.1) is 6.10 Å². The van der Waals surface area contributed by atoms with E-state index in [0.717, 1.165) is 25.7 Å². The van der Waals surface area contributed by atoms with Crippen LogP contribution >= 0.6 is 0 Å². The molecule has 0 aromatic heterocycles. The molecule has 0 bridgehead atoms. The van der Waals surface area contributed by atoms with Gasteiger partial charge in [-0.1, -0.05) is 40.0 Å². The number of carbonyl (C=O) groups is 2. The Morgan fingerprint density at radius 2 is 1.74 bits per heavy atom. The molecule has 1 N–H and O–H groups in total. The summed E-state index contributed by atoms with van der Waals surface area (Å²) < 4.78 is 6.26. The fraction of sp³-hybridized carbons (Fsp3) is 0.778. The van der Waals surface area contributed by atoms with E-state index in [1.807, 2.05) is 0 Å². The number of hydrogen-bond acceptors (Lipinski definition) is 4. The molecule has 0 aliphatic heterocycles. The SMILES string of the molecule is C[C@H](O)CCCCC[C@@H](O[Si](C)(C)C(C)(C)C)C(=O)/C=C\C=O. The summed E-state index contributed by atoms with van der Waals surface area (Å²) in [6, 6.07) is 0. The molecule has 134 valence electrons. The summed E-state index contributed by atoms with van der Waals surface area (Å²) in [6.07, 6.45) is 6.66. The summed E-state index contributed by atoms with van der Waals surface area (Å²) in [5, 5.41) is 9.31. The van der Waals surface area contributed by atoms with Crippen molar-refractivity contribution in [1.29, 1.82) is 0 Å². The van der Waals surface area contributed by atoms with Crippen molar-refractivity contribution in [2.75, 3.05) is 0 Å². The first-order valence-electron chi connectivity index (χ1n) is 8.53. The molecule has 0 amide bonds. The summed E-state index contributed by atoms with van der Waals surface area (Å²) in [5.41, 5.74) is 0. The molecule has 0 heterocycles. The van der Waals surface area contributed by atoms with Crippen molar-refractivity contribution in [1.82, 2.24) is 0 Å². The van der Waals surface area contributed by atoms with Crippen molar-refractivity contribution in [3.8, 4) is 0 Å². The van der Waals surface area contributed by atoms with Crippen LogP contribution in [0, 0.1) is 0 Å². The smallest absolute Gasteiger partial charge is 0.193 e.